The van der Waals surface area contributed by atoms with E-state index in [1.165, 1.54) is 16.9 Å². The number of nitrogens with two attached hydrogens (primary N) is 1. The molecule has 0 aliphatic heterocycles. The summed E-state index contributed by atoms with van der Waals surface area (Å²) < 4.78 is 39.9. The number of benzene rings is 1. The van der Waals surface area contributed by atoms with E-state index in [1.54, 1.807) is 24.3 Å². The Balaban J connectivity index is 1.72. The molecule has 0 aliphatic rings. The average Bonchev–Trinajstić information content (AvgIpc) is 3.26. The third-order valence-corrected chi connectivity index (χ3v) is 4.98. The standard InChI is InChI=1S/C23H23F3N6O3/c1-13(2)20-17(11-31-32(20)19-8-7-16(10-28-19)23(24,25)26)22(35)29-9-14-3-5-15(6-4-14)21(34)30-12-18(27)33/h3-8,10-11,13H,9,12H2,1-2H3,(H2,27,33)(H,29,35)(H,30,34). The molecule has 3 rings (SSSR count). The van der Waals surface area contributed by atoms with Crippen molar-refractivity contribution in [1.82, 2.24) is 25.4 Å². The molecule has 0 spiro atoms. The van der Waals surface area contributed by atoms with E-state index in [2.05, 4.69) is 20.7 Å². The van der Waals surface area contributed by atoms with Gasteiger partial charge in [-0.2, -0.15) is 18.3 Å². The molecular weight excluding hydrogens is 465 g/mol. The maximum absolute atomic E-state index is 12.9. The van der Waals surface area contributed by atoms with Crippen LogP contribution in [0.5, 0.6) is 0 Å². The van der Waals surface area contributed by atoms with Crippen LogP contribution in [0.1, 0.15) is 57.3 Å². The molecule has 3 amide bonds. The van der Waals surface area contributed by atoms with Crippen LogP contribution in [0.25, 0.3) is 5.82 Å². The van der Waals surface area contributed by atoms with Crippen molar-refractivity contribution in [3.8, 4) is 5.82 Å². The molecule has 184 valence electrons. The largest absolute Gasteiger partial charge is 0.417 e. The summed E-state index contributed by atoms with van der Waals surface area (Å²) in [6.07, 6.45) is -2.44. The van der Waals surface area contributed by atoms with Gasteiger partial charge in [0.2, 0.25) is 5.91 Å². The van der Waals surface area contributed by atoms with E-state index in [9.17, 15) is 27.6 Å². The molecular formula is C23H23F3N6O3. The van der Waals surface area contributed by atoms with E-state index in [1.807, 2.05) is 13.8 Å². The van der Waals surface area contributed by atoms with E-state index in [0.717, 1.165) is 12.3 Å². The summed E-state index contributed by atoms with van der Waals surface area (Å²) in [5, 5.41) is 9.32. The second-order valence-electron chi connectivity index (χ2n) is 7.94. The van der Waals surface area contributed by atoms with Crippen LogP contribution >= 0.6 is 0 Å². The van der Waals surface area contributed by atoms with Crippen molar-refractivity contribution >= 4 is 17.7 Å². The van der Waals surface area contributed by atoms with Crippen LogP contribution in [-0.4, -0.2) is 39.0 Å². The Bertz CT molecular complexity index is 1220. The number of hydrogen-bond acceptors (Lipinski definition) is 5. The fraction of sp³-hybridized carbons (Fsp3) is 0.261. The first-order valence-electron chi connectivity index (χ1n) is 10.5. The molecule has 1 aromatic carbocycles. The van der Waals surface area contributed by atoms with E-state index >= 15 is 0 Å². The molecule has 0 saturated carbocycles. The topological polar surface area (TPSA) is 132 Å². The van der Waals surface area contributed by atoms with Gasteiger partial charge in [-0.05, 0) is 35.7 Å². The highest BCUT2D eigenvalue weighted by molar-refractivity contribution is 5.96. The van der Waals surface area contributed by atoms with Gasteiger partial charge >= 0.3 is 6.18 Å². The molecule has 4 N–H and O–H groups in total. The summed E-state index contributed by atoms with van der Waals surface area (Å²) in [5.74, 6) is -1.55. The smallest absolute Gasteiger partial charge is 0.368 e. The van der Waals surface area contributed by atoms with Crippen molar-refractivity contribution in [3.05, 3.63) is 76.7 Å². The summed E-state index contributed by atoms with van der Waals surface area (Å²) in [6, 6.07) is 8.50. The Labute approximate surface area is 198 Å². The number of hydrogen-bond donors (Lipinski definition) is 3. The molecule has 0 aliphatic carbocycles. The number of aromatic nitrogens is 3. The molecule has 0 bridgehead atoms. The number of carbonyl (C=O) groups excluding carboxylic acids is 3. The number of primary amides is 1. The van der Waals surface area contributed by atoms with Crippen molar-refractivity contribution in [2.45, 2.75) is 32.5 Å². The Morgan fingerprint density at radius 1 is 1.00 bits per heavy atom. The molecule has 9 nitrogen and oxygen atoms in total. The quantitative estimate of drug-likeness (QED) is 0.448. The summed E-state index contributed by atoms with van der Waals surface area (Å²) in [7, 11) is 0. The maximum Gasteiger partial charge on any atom is 0.417 e. The van der Waals surface area contributed by atoms with E-state index < -0.39 is 29.5 Å². The van der Waals surface area contributed by atoms with Crippen LogP contribution in [0.2, 0.25) is 0 Å². The Morgan fingerprint density at radius 2 is 1.69 bits per heavy atom. The van der Waals surface area contributed by atoms with Gasteiger partial charge in [0.05, 0.1) is 29.6 Å². The minimum Gasteiger partial charge on any atom is -0.368 e. The fourth-order valence-corrected chi connectivity index (χ4v) is 3.27. The number of alkyl halides is 3. The van der Waals surface area contributed by atoms with E-state index in [4.69, 9.17) is 5.73 Å². The van der Waals surface area contributed by atoms with Crippen LogP contribution in [0.4, 0.5) is 13.2 Å². The Kier molecular flexibility index (Phi) is 7.52. The molecule has 0 atom stereocenters. The highest BCUT2D eigenvalue weighted by Gasteiger charge is 2.31. The van der Waals surface area contributed by atoms with Crippen molar-refractivity contribution in [3.63, 3.8) is 0 Å². The lowest BCUT2D eigenvalue weighted by molar-refractivity contribution is -0.137. The lowest BCUT2D eigenvalue weighted by Crippen LogP contribution is -2.33. The van der Waals surface area contributed by atoms with Crippen molar-refractivity contribution in [2.24, 2.45) is 5.73 Å². The molecule has 35 heavy (non-hydrogen) atoms. The number of halogens is 3. The van der Waals surface area contributed by atoms with Gasteiger partial charge in [-0.1, -0.05) is 26.0 Å². The molecule has 0 unspecified atom stereocenters. The molecule has 0 fully saturated rings. The maximum atomic E-state index is 12.9. The van der Waals surface area contributed by atoms with Crippen molar-refractivity contribution in [1.29, 1.82) is 0 Å². The average molecular weight is 488 g/mol. The van der Waals surface area contributed by atoms with Gasteiger partial charge in [-0.3, -0.25) is 14.4 Å². The number of rotatable bonds is 8. The number of nitrogens with zero attached hydrogens (tertiary/aromatic N) is 3. The lowest BCUT2D eigenvalue weighted by atomic mass is 10.0. The first-order valence-corrected chi connectivity index (χ1v) is 10.5. The highest BCUT2D eigenvalue weighted by Crippen LogP contribution is 2.29. The second-order valence-corrected chi connectivity index (χ2v) is 7.94. The molecule has 3 aromatic rings. The number of carbonyl (C=O) groups is 3. The Hall–Kier alpha value is -4.22. The van der Waals surface area contributed by atoms with Gasteiger partial charge in [-0.25, -0.2) is 9.67 Å². The second kappa shape index (κ2) is 10.4. The van der Waals surface area contributed by atoms with Gasteiger partial charge < -0.3 is 16.4 Å². The first kappa shape index (κ1) is 25.4. The zero-order valence-corrected chi connectivity index (χ0v) is 18.9. The van der Waals surface area contributed by atoms with Gasteiger partial charge in [0.1, 0.15) is 0 Å². The van der Waals surface area contributed by atoms with Crippen LogP contribution in [0, 0.1) is 0 Å². The van der Waals surface area contributed by atoms with Crippen molar-refractivity contribution in [2.75, 3.05) is 6.54 Å². The third kappa shape index (κ3) is 6.22. The SMILES string of the molecule is CC(C)c1c(C(=O)NCc2ccc(C(=O)NCC(N)=O)cc2)cnn1-c1ccc(C(F)(F)F)cn1. The molecule has 2 aromatic heterocycles. The summed E-state index contributed by atoms with van der Waals surface area (Å²) in [6.45, 7) is 3.54. The van der Waals surface area contributed by atoms with Gasteiger partial charge in [0.25, 0.3) is 11.8 Å². The van der Waals surface area contributed by atoms with E-state index in [0.29, 0.717) is 16.8 Å². The normalized spacial score (nSPS) is 11.4. The zero-order chi connectivity index (χ0) is 25.8. The van der Waals surface area contributed by atoms with Crippen LogP contribution < -0.4 is 16.4 Å². The summed E-state index contributed by atoms with van der Waals surface area (Å²) in [5.41, 5.74) is 5.93. The van der Waals surface area contributed by atoms with Crippen molar-refractivity contribution < 1.29 is 27.6 Å². The van der Waals surface area contributed by atoms with Gasteiger partial charge in [0.15, 0.2) is 5.82 Å². The number of nitrogens with one attached hydrogen (secondary N) is 2. The molecule has 12 heteroatoms. The third-order valence-electron chi connectivity index (χ3n) is 4.98. The first-order chi connectivity index (χ1) is 16.5. The van der Waals surface area contributed by atoms with Crippen LogP contribution in [0.3, 0.4) is 0 Å². The monoisotopic (exact) mass is 488 g/mol. The predicted molar refractivity (Wildman–Crippen MR) is 120 cm³/mol. The summed E-state index contributed by atoms with van der Waals surface area (Å²) in [4.78, 5) is 39.4. The van der Waals surface area contributed by atoms with E-state index in [-0.39, 0.29) is 30.4 Å². The minimum absolute atomic E-state index is 0.156. The molecule has 0 saturated heterocycles. The lowest BCUT2D eigenvalue weighted by Gasteiger charge is -2.13. The number of pyridine rings is 1. The van der Waals surface area contributed by atoms with Crippen LogP contribution in [0.15, 0.2) is 48.8 Å². The number of amides is 3. The Morgan fingerprint density at radius 3 is 2.23 bits per heavy atom. The summed E-state index contributed by atoms with van der Waals surface area (Å²) >= 11 is 0. The predicted octanol–water partition coefficient (Wildman–Crippen LogP) is 2.55. The molecule has 0 radical (unpaired) electrons. The van der Waals surface area contributed by atoms with Gasteiger partial charge in [-0.15, -0.1) is 0 Å². The highest BCUT2D eigenvalue weighted by atomic mass is 19.4. The van der Waals surface area contributed by atoms with Gasteiger partial charge in [0, 0.05) is 18.3 Å². The molecule has 2 heterocycles. The fourth-order valence-electron chi connectivity index (χ4n) is 3.27. The van der Waals surface area contributed by atoms with Crippen LogP contribution in [-0.2, 0) is 17.5 Å². The zero-order valence-electron chi connectivity index (χ0n) is 18.9. The minimum atomic E-state index is -4.51.